The Bertz CT molecular complexity index is 784. The van der Waals surface area contributed by atoms with Crippen LogP contribution in [0.1, 0.15) is 16.2 Å². The van der Waals surface area contributed by atoms with E-state index in [-0.39, 0.29) is 22.5 Å². The second-order valence-corrected chi connectivity index (χ2v) is 5.03. The van der Waals surface area contributed by atoms with E-state index in [0.29, 0.717) is 5.69 Å². The number of esters is 1. The van der Waals surface area contributed by atoms with Crippen LogP contribution < -0.4 is 0 Å². The summed E-state index contributed by atoms with van der Waals surface area (Å²) in [5.74, 6) is -0.639. The van der Waals surface area contributed by atoms with Crippen LogP contribution in [-0.4, -0.2) is 20.3 Å². The van der Waals surface area contributed by atoms with Gasteiger partial charge in [0.15, 0.2) is 5.69 Å². The maximum atomic E-state index is 11.9. The number of carbonyl (C=O) groups is 1. The monoisotopic (exact) mass is 321 g/mol. The molecule has 0 spiro atoms. The lowest BCUT2D eigenvalue weighted by Gasteiger charge is -2.04. The smallest absolute Gasteiger partial charge is 0.358 e. The molecule has 0 N–H and O–H groups in total. The average molecular weight is 322 g/mol. The summed E-state index contributed by atoms with van der Waals surface area (Å²) in [6.45, 7) is 0.0328. The van der Waals surface area contributed by atoms with Crippen molar-refractivity contribution in [3.8, 4) is 0 Å². The van der Waals surface area contributed by atoms with E-state index in [9.17, 15) is 4.79 Å². The quantitative estimate of drug-likeness (QED) is 0.548. The first kappa shape index (κ1) is 13.9. The van der Waals surface area contributed by atoms with Crippen molar-refractivity contribution in [2.24, 2.45) is 0 Å². The van der Waals surface area contributed by atoms with E-state index in [0.717, 1.165) is 5.65 Å². The Morgan fingerprint density at radius 1 is 1.19 bits per heavy atom. The fraction of sp³-hybridized carbons (Fsp3) is 0.0714. The molecule has 0 bridgehead atoms. The highest BCUT2D eigenvalue weighted by Crippen LogP contribution is 2.18. The third kappa shape index (κ3) is 2.99. The number of fused-ring (bicyclic) bond motifs is 1. The fourth-order valence-electron chi connectivity index (χ4n) is 1.83. The van der Waals surface area contributed by atoms with Crippen LogP contribution in [0.5, 0.6) is 0 Å². The summed E-state index contributed by atoms with van der Waals surface area (Å²) in [4.78, 5) is 20.1. The molecule has 0 saturated heterocycles. The third-order valence-electron chi connectivity index (χ3n) is 2.77. The van der Waals surface area contributed by atoms with Gasteiger partial charge in [0.1, 0.15) is 17.4 Å². The van der Waals surface area contributed by atoms with Gasteiger partial charge in [-0.3, -0.25) is 0 Å². The molecule has 0 aliphatic carbocycles. The average Bonchev–Trinajstić information content (AvgIpc) is 2.90. The second-order valence-electron chi connectivity index (χ2n) is 4.24. The SMILES string of the molecule is O=C(OCc1cn2ccccc2n1)c1nc(Cl)ccc1Cl. The molecule has 3 aromatic heterocycles. The minimum atomic E-state index is -0.639. The summed E-state index contributed by atoms with van der Waals surface area (Å²) in [6, 6.07) is 8.63. The van der Waals surface area contributed by atoms with Gasteiger partial charge in [0.2, 0.25) is 0 Å². The Labute approximate surface area is 130 Å². The van der Waals surface area contributed by atoms with Gasteiger partial charge in [0.25, 0.3) is 0 Å². The molecule has 3 heterocycles. The summed E-state index contributed by atoms with van der Waals surface area (Å²) in [7, 11) is 0. The molecule has 0 radical (unpaired) electrons. The number of ether oxygens (including phenoxy) is 1. The lowest BCUT2D eigenvalue weighted by molar-refractivity contribution is 0.0461. The fourth-order valence-corrected chi connectivity index (χ4v) is 2.16. The van der Waals surface area contributed by atoms with Crippen LogP contribution in [0, 0.1) is 0 Å². The van der Waals surface area contributed by atoms with Crippen LogP contribution in [0.3, 0.4) is 0 Å². The van der Waals surface area contributed by atoms with Crippen LogP contribution in [0.2, 0.25) is 10.2 Å². The topological polar surface area (TPSA) is 56.5 Å². The molecule has 0 fully saturated rings. The molecular weight excluding hydrogens is 313 g/mol. The molecule has 21 heavy (non-hydrogen) atoms. The van der Waals surface area contributed by atoms with E-state index >= 15 is 0 Å². The van der Waals surface area contributed by atoms with Crippen LogP contribution in [0.25, 0.3) is 5.65 Å². The molecule has 0 aliphatic heterocycles. The van der Waals surface area contributed by atoms with Crippen LogP contribution >= 0.6 is 23.2 Å². The summed E-state index contributed by atoms with van der Waals surface area (Å²) >= 11 is 11.6. The van der Waals surface area contributed by atoms with Gasteiger partial charge in [-0.2, -0.15) is 0 Å². The molecular formula is C14H9Cl2N3O2. The van der Waals surface area contributed by atoms with Crippen molar-refractivity contribution >= 4 is 34.8 Å². The number of imidazole rings is 1. The lowest BCUT2D eigenvalue weighted by Crippen LogP contribution is -2.08. The van der Waals surface area contributed by atoms with Crippen molar-refractivity contribution < 1.29 is 9.53 Å². The number of aromatic nitrogens is 3. The highest BCUT2D eigenvalue weighted by atomic mass is 35.5. The third-order valence-corrected chi connectivity index (χ3v) is 3.29. The summed E-state index contributed by atoms with van der Waals surface area (Å²) < 4.78 is 7.00. The molecule has 3 rings (SSSR count). The van der Waals surface area contributed by atoms with Gasteiger partial charge in [-0.15, -0.1) is 0 Å². The first-order valence-corrected chi connectivity index (χ1v) is 6.81. The van der Waals surface area contributed by atoms with Crippen molar-refractivity contribution in [3.63, 3.8) is 0 Å². The zero-order valence-electron chi connectivity index (χ0n) is 10.7. The first-order chi connectivity index (χ1) is 10.1. The molecule has 0 saturated carbocycles. The Morgan fingerprint density at radius 3 is 2.86 bits per heavy atom. The highest BCUT2D eigenvalue weighted by molar-refractivity contribution is 6.34. The molecule has 0 aliphatic rings. The standard InChI is InChI=1S/C14H9Cl2N3O2/c15-10-4-5-11(16)18-13(10)14(20)21-8-9-7-19-6-2-1-3-12(19)17-9/h1-7H,8H2. The van der Waals surface area contributed by atoms with Gasteiger partial charge < -0.3 is 9.14 Å². The van der Waals surface area contributed by atoms with Gasteiger partial charge in [0, 0.05) is 12.4 Å². The second kappa shape index (κ2) is 5.71. The largest absolute Gasteiger partial charge is 0.454 e. The molecule has 0 unspecified atom stereocenters. The summed E-state index contributed by atoms with van der Waals surface area (Å²) in [5.41, 5.74) is 1.41. The van der Waals surface area contributed by atoms with Crippen molar-refractivity contribution in [1.82, 2.24) is 14.4 Å². The van der Waals surface area contributed by atoms with E-state index in [1.165, 1.54) is 12.1 Å². The number of pyridine rings is 2. The minimum absolute atomic E-state index is 0.00655. The van der Waals surface area contributed by atoms with Gasteiger partial charge in [-0.25, -0.2) is 14.8 Å². The highest BCUT2D eigenvalue weighted by Gasteiger charge is 2.15. The zero-order valence-corrected chi connectivity index (χ0v) is 12.2. The van der Waals surface area contributed by atoms with E-state index in [4.69, 9.17) is 27.9 Å². The Morgan fingerprint density at radius 2 is 2.05 bits per heavy atom. The van der Waals surface area contributed by atoms with Gasteiger partial charge in [-0.05, 0) is 24.3 Å². The summed E-state index contributed by atoms with van der Waals surface area (Å²) in [6.07, 6.45) is 3.65. The molecule has 0 amide bonds. The molecule has 5 nitrogen and oxygen atoms in total. The lowest BCUT2D eigenvalue weighted by atomic mass is 10.3. The number of nitrogens with zero attached hydrogens (tertiary/aromatic N) is 3. The number of rotatable bonds is 3. The Hall–Kier alpha value is -2.11. The number of carbonyl (C=O) groups excluding carboxylic acids is 1. The maximum Gasteiger partial charge on any atom is 0.358 e. The number of hydrogen-bond acceptors (Lipinski definition) is 4. The molecule has 0 atom stereocenters. The maximum absolute atomic E-state index is 11.9. The van der Waals surface area contributed by atoms with Crippen molar-refractivity contribution in [1.29, 1.82) is 0 Å². The predicted molar refractivity (Wildman–Crippen MR) is 78.6 cm³/mol. The molecule has 106 valence electrons. The van der Waals surface area contributed by atoms with E-state index in [1.54, 1.807) is 6.20 Å². The van der Waals surface area contributed by atoms with Crippen LogP contribution in [0.15, 0.2) is 42.7 Å². The van der Waals surface area contributed by atoms with Crippen LogP contribution in [-0.2, 0) is 11.3 Å². The van der Waals surface area contributed by atoms with Crippen LogP contribution in [0.4, 0.5) is 0 Å². The number of hydrogen-bond donors (Lipinski definition) is 0. The van der Waals surface area contributed by atoms with Crippen molar-refractivity contribution in [2.45, 2.75) is 6.61 Å². The van der Waals surface area contributed by atoms with E-state index < -0.39 is 5.97 Å². The molecule has 0 aromatic carbocycles. The van der Waals surface area contributed by atoms with Gasteiger partial charge in [0.05, 0.1) is 10.7 Å². The first-order valence-electron chi connectivity index (χ1n) is 6.05. The summed E-state index contributed by atoms with van der Waals surface area (Å²) in [5, 5.41) is 0.374. The minimum Gasteiger partial charge on any atom is -0.454 e. The zero-order chi connectivity index (χ0) is 14.8. The van der Waals surface area contributed by atoms with Gasteiger partial charge in [-0.1, -0.05) is 29.3 Å². The van der Waals surface area contributed by atoms with E-state index in [1.807, 2.05) is 28.8 Å². The van der Waals surface area contributed by atoms with Crippen molar-refractivity contribution in [2.75, 3.05) is 0 Å². The molecule has 3 aromatic rings. The Balaban J connectivity index is 1.74. The van der Waals surface area contributed by atoms with Crippen molar-refractivity contribution in [3.05, 3.63) is 64.3 Å². The van der Waals surface area contributed by atoms with Gasteiger partial charge >= 0.3 is 5.97 Å². The predicted octanol–water partition coefficient (Wildman–Crippen LogP) is 3.39. The normalized spacial score (nSPS) is 10.8. The number of halogens is 2. The van der Waals surface area contributed by atoms with E-state index in [2.05, 4.69) is 9.97 Å². The Kier molecular flexibility index (Phi) is 3.77. The molecule has 7 heteroatoms.